The van der Waals surface area contributed by atoms with Crippen molar-refractivity contribution in [1.29, 1.82) is 0 Å². The number of aliphatic hydroxyl groups excluding tert-OH is 1. The molecule has 1 atom stereocenters. The summed E-state index contributed by atoms with van der Waals surface area (Å²) in [6.45, 7) is 4.06. The van der Waals surface area contributed by atoms with Crippen LogP contribution in [0.25, 0.3) is 0 Å². The van der Waals surface area contributed by atoms with Crippen molar-refractivity contribution in [1.82, 2.24) is 9.78 Å². The highest BCUT2D eigenvalue weighted by Crippen LogP contribution is 2.29. The van der Waals surface area contributed by atoms with Gasteiger partial charge in [-0.1, -0.05) is 44.2 Å². The Hall–Kier alpha value is -0.540. The highest BCUT2D eigenvalue weighted by atomic mass is 35.5. The molecule has 1 N–H and O–H groups in total. The fourth-order valence-electron chi connectivity index (χ4n) is 1.93. The number of rotatable bonds is 6. The van der Waals surface area contributed by atoms with E-state index in [1.807, 2.05) is 6.92 Å². The van der Waals surface area contributed by atoms with Crippen molar-refractivity contribution in [3.63, 3.8) is 0 Å². The molecule has 3 nitrogen and oxygen atoms in total. The lowest BCUT2D eigenvalue weighted by Gasteiger charge is -2.10. The predicted octanol–water partition coefficient (Wildman–Crippen LogP) is 3.39. The van der Waals surface area contributed by atoms with Gasteiger partial charge in [-0.3, -0.25) is 4.68 Å². The highest BCUT2D eigenvalue weighted by Gasteiger charge is 2.18. The molecule has 0 bridgehead atoms. The molecule has 4 heteroatoms. The molecule has 1 aromatic rings. The summed E-state index contributed by atoms with van der Waals surface area (Å²) in [5.74, 6) is 0. The molecule has 0 fully saturated rings. The van der Waals surface area contributed by atoms with Gasteiger partial charge in [0.25, 0.3) is 0 Å². The van der Waals surface area contributed by atoms with E-state index in [0.717, 1.165) is 24.1 Å². The van der Waals surface area contributed by atoms with Gasteiger partial charge in [-0.25, -0.2) is 0 Å². The molecule has 0 radical (unpaired) electrons. The van der Waals surface area contributed by atoms with E-state index in [4.69, 9.17) is 11.6 Å². The van der Waals surface area contributed by atoms with Crippen LogP contribution in [0.5, 0.6) is 0 Å². The van der Waals surface area contributed by atoms with Crippen LogP contribution in [0.2, 0.25) is 5.15 Å². The zero-order chi connectivity index (χ0) is 12.1. The Bertz CT molecular complexity index is 336. The van der Waals surface area contributed by atoms with Gasteiger partial charge in [-0.05, 0) is 13.3 Å². The van der Waals surface area contributed by atoms with E-state index in [1.165, 1.54) is 19.3 Å². The maximum absolute atomic E-state index is 10.1. The third-order valence-electron chi connectivity index (χ3n) is 2.86. The van der Waals surface area contributed by atoms with Gasteiger partial charge in [0, 0.05) is 12.6 Å². The quantitative estimate of drug-likeness (QED) is 0.779. The molecule has 92 valence electrons. The molecule has 0 aromatic carbocycles. The van der Waals surface area contributed by atoms with Crippen LogP contribution in [0, 0.1) is 6.92 Å². The average Bonchev–Trinajstić information content (AvgIpc) is 2.48. The molecule has 0 saturated carbocycles. The summed E-state index contributed by atoms with van der Waals surface area (Å²) in [4.78, 5) is 0. The van der Waals surface area contributed by atoms with Crippen LogP contribution >= 0.6 is 11.6 Å². The number of unbranched alkanes of at least 4 members (excludes halogenated alkanes) is 3. The monoisotopic (exact) mass is 244 g/mol. The highest BCUT2D eigenvalue weighted by molar-refractivity contribution is 6.30. The Labute approximate surface area is 102 Å². The smallest absolute Gasteiger partial charge is 0.132 e. The minimum atomic E-state index is -0.474. The van der Waals surface area contributed by atoms with E-state index in [9.17, 15) is 5.11 Å². The van der Waals surface area contributed by atoms with Crippen LogP contribution in [0.15, 0.2) is 0 Å². The first-order chi connectivity index (χ1) is 7.57. The van der Waals surface area contributed by atoms with Crippen molar-refractivity contribution in [3.05, 3.63) is 16.4 Å². The van der Waals surface area contributed by atoms with Gasteiger partial charge < -0.3 is 5.11 Å². The standard InChI is InChI=1S/C12H21ClN2O/c1-4-5-6-7-8-10(16)11-9(2)14-15(3)12(11)13/h10,16H,4-8H2,1-3H3. The topological polar surface area (TPSA) is 38.1 Å². The molecule has 0 aliphatic carbocycles. The van der Waals surface area contributed by atoms with Gasteiger partial charge >= 0.3 is 0 Å². The second kappa shape index (κ2) is 6.26. The van der Waals surface area contributed by atoms with E-state index < -0.39 is 6.10 Å². The van der Waals surface area contributed by atoms with E-state index in [2.05, 4.69) is 12.0 Å². The number of hydrogen-bond acceptors (Lipinski definition) is 2. The third kappa shape index (κ3) is 3.22. The normalized spacial score (nSPS) is 13.1. The molecule has 0 aliphatic rings. The average molecular weight is 245 g/mol. The zero-order valence-corrected chi connectivity index (χ0v) is 11.1. The van der Waals surface area contributed by atoms with Crippen molar-refractivity contribution in [2.75, 3.05) is 0 Å². The lowest BCUT2D eigenvalue weighted by atomic mass is 10.0. The van der Waals surface area contributed by atoms with Crippen LogP contribution in [0.1, 0.15) is 56.4 Å². The van der Waals surface area contributed by atoms with Gasteiger partial charge in [0.1, 0.15) is 5.15 Å². The molecular formula is C12H21ClN2O. The fourth-order valence-corrected chi connectivity index (χ4v) is 2.23. The molecule has 0 aliphatic heterocycles. The molecule has 16 heavy (non-hydrogen) atoms. The Kier molecular flexibility index (Phi) is 5.29. The van der Waals surface area contributed by atoms with Crippen molar-refractivity contribution >= 4 is 11.6 Å². The number of aromatic nitrogens is 2. The van der Waals surface area contributed by atoms with E-state index >= 15 is 0 Å². The molecular weight excluding hydrogens is 224 g/mol. The Balaban J connectivity index is 2.55. The van der Waals surface area contributed by atoms with Crippen LogP contribution in [0.4, 0.5) is 0 Å². The van der Waals surface area contributed by atoms with E-state index in [-0.39, 0.29) is 0 Å². The van der Waals surface area contributed by atoms with Crippen molar-refractivity contribution in [2.24, 2.45) is 7.05 Å². The Morgan fingerprint density at radius 3 is 2.56 bits per heavy atom. The van der Waals surface area contributed by atoms with E-state index in [1.54, 1.807) is 11.7 Å². The SMILES string of the molecule is CCCCCCC(O)c1c(C)nn(C)c1Cl. The van der Waals surface area contributed by atoms with Crippen molar-refractivity contribution < 1.29 is 5.11 Å². The number of halogens is 1. The van der Waals surface area contributed by atoms with Crippen LogP contribution < -0.4 is 0 Å². The van der Waals surface area contributed by atoms with E-state index in [0.29, 0.717) is 5.15 Å². The Morgan fingerprint density at radius 1 is 1.38 bits per heavy atom. The third-order valence-corrected chi connectivity index (χ3v) is 3.31. The lowest BCUT2D eigenvalue weighted by molar-refractivity contribution is 0.162. The molecule has 1 rings (SSSR count). The Morgan fingerprint density at radius 2 is 2.06 bits per heavy atom. The first kappa shape index (κ1) is 13.5. The molecule has 1 aromatic heterocycles. The lowest BCUT2D eigenvalue weighted by Crippen LogP contribution is -1.99. The van der Waals surface area contributed by atoms with Crippen molar-refractivity contribution in [3.8, 4) is 0 Å². The summed E-state index contributed by atoms with van der Waals surface area (Å²) in [6.07, 6.45) is 4.95. The number of hydrogen-bond donors (Lipinski definition) is 1. The maximum atomic E-state index is 10.1. The first-order valence-electron chi connectivity index (χ1n) is 5.95. The molecule has 0 amide bonds. The second-order valence-electron chi connectivity index (χ2n) is 4.28. The summed E-state index contributed by atoms with van der Waals surface area (Å²) in [7, 11) is 1.79. The molecule has 0 saturated heterocycles. The van der Waals surface area contributed by atoms with Crippen LogP contribution in [0.3, 0.4) is 0 Å². The molecule has 1 unspecified atom stereocenters. The first-order valence-corrected chi connectivity index (χ1v) is 6.32. The summed E-state index contributed by atoms with van der Waals surface area (Å²) < 4.78 is 1.61. The minimum Gasteiger partial charge on any atom is -0.388 e. The molecule has 0 spiro atoms. The number of aliphatic hydroxyl groups is 1. The van der Waals surface area contributed by atoms with Crippen LogP contribution in [-0.4, -0.2) is 14.9 Å². The number of nitrogens with zero attached hydrogens (tertiary/aromatic N) is 2. The number of aryl methyl sites for hydroxylation is 2. The second-order valence-corrected chi connectivity index (χ2v) is 4.64. The van der Waals surface area contributed by atoms with Gasteiger partial charge in [0.05, 0.1) is 11.8 Å². The zero-order valence-electron chi connectivity index (χ0n) is 10.3. The van der Waals surface area contributed by atoms with Crippen LogP contribution in [-0.2, 0) is 7.05 Å². The summed E-state index contributed by atoms with van der Waals surface area (Å²) in [6, 6.07) is 0. The fraction of sp³-hybridized carbons (Fsp3) is 0.750. The van der Waals surface area contributed by atoms with Crippen molar-refractivity contribution in [2.45, 2.75) is 52.1 Å². The summed E-state index contributed by atoms with van der Waals surface area (Å²) >= 11 is 6.09. The summed E-state index contributed by atoms with van der Waals surface area (Å²) in [5.41, 5.74) is 1.62. The van der Waals surface area contributed by atoms with Gasteiger partial charge in [-0.2, -0.15) is 5.10 Å². The maximum Gasteiger partial charge on any atom is 0.132 e. The minimum absolute atomic E-state index is 0.474. The predicted molar refractivity (Wildman–Crippen MR) is 66.7 cm³/mol. The summed E-state index contributed by atoms with van der Waals surface area (Å²) in [5, 5.41) is 14.8. The van der Waals surface area contributed by atoms with Gasteiger partial charge in [-0.15, -0.1) is 0 Å². The largest absolute Gasteiger partial charge is 0.388 e. The van der Waals surface area contributed by atoms with Gasteiger partial charge in [0.2, 0.25) is 0 Å². The molecule has 1 heterocycles. The van der Waals surface area contributed by atoms with Gasteiger partial charge in [0.15, 0.2) is 0 Å².